The number of benzene rings is 2. The average molecular weight is 564 g/mol. The van der Waals surface area contributed by atoms with Crippen LogP contribution in [-0.2, 0) is 22.4 Å². The highest BCUT2D eigenvalue weighted by Gasteiger charge is 2.29. The van der Waals surface area contributed by atoms with Crippen molar-refractivity contribution in [3.63, 3.8) is 0 Å². The molecule has 0 unspecified atom stereocenters. The van der Waals surface area contributed by atoms with Crippen molar-refractivity contribution in [1.29, 1.82) is 0 Å². The molecule has 13 heteroatoms. The van der Waals surface area contributed by atoms with Crippen LogP contribution in [0, 0.1) is 0 Å². The first-order valence-electron chi connectivity index (χ1n) is 12.5. The summed E-state index contributed by atoms with van der Waals surface area (Å²) >= 11 is 0. The number of rotatable bonds is 13. The van der Waals surface area contributed by atoms with Crippen molar-refractivity contribution in [1.82, 2.24) is 25.6 Å². The van der Waals surface area contributed by atoms with E-state index in [1.165, 1.54) is 36.1 Å². The van der Waals surface area contributed by atoms with Crippen LogP contribution in [0.3, 0.4) is 0 Å². The minimum absolute atomic E-state index is 0.00240. The van der Waals surface area contributed by atoms with Gasteiger partial charge in [0, 0.05) is 12.0 Å². The number of esters is 1. The third kappa shape index (κ3) is 8.61. The van der Waals surface area contributed by atoms with E-state index in [9.17, 15) is 31.9 Å². The van der Waals surface area contributed by atoms with Gasteiger partial charge >= 0.3 is 12.1 Å². The van der Waals surface area contributed by atoms with Gasteiger partial charge in [-0.15, -0.1) is 5.10 Å². The van der Waals surface area contributed by atoms with Crippen molar-refractivity contribution >= 4 is 17.8 Å². The highest BCUT2D eigenvalue weighted by Crippen LogP contribution is 2.18. The summed E-state index contributed by atoms with van der Waals surface area (Å²) in [4.78, 5) is 37.7. The molecule has 2 N–H and O–H groups in total. The number of amides is 2. The van der Waals surface area contributed by atoms with Gasteiger partial charge in [-0.3, -0.25) is 14.0 Å². The van der Waals surface area contributed by atoms with Crippen molar-refractivity contribution < 1.29 is 36.7 Å². The molecule has 2 amide bonds. The molecule has 0 aliphatic heterocycles. The fraction of sp³-hybridized carbons (Fsp3) is 0.370. The normalized spacial score (nSPS) is 12.0. The standard InChI is InChI=1S/C27H29F4N5O4/c1-40-26(39)21(16-18-8-4-2-5-9-18)33-25(38)23-22(10-6-3-7-15-28)36(35-34-23)20-13-11-19(12-14-20)24(37)32-17-27(29,30)31/h2,4-5,8-9,11-14,21H,3,6-7,10,15-17H2,1H3,(H,32,37)(H,33,38)/t21-/m1/s1. The molecule has 214 valence electrons. The first-order valence-corrected chi connectivity index (χ1v) is 12.5. The van der Waals surface area contributed by atoms with Crippen molar-refractivity contribution in [2.45, 2.75) is 44.3 Å². The van der Waals surface area contributed by atoms with Gasteiger partial charge in [-0.05, 0) is 49.1 Å². The van der Waals surface area contributed by atoms with E-state index in [0.717, 1.165) is 5.56 Å². The van der Waals surface area contributed by atoms with Crippen LogP contribution in [0.1, 0.15) is 51.4 Å². The number of nitrogens with one attached hydrogen (secondary N) is 2. The van der Waals surface area contributed by atoms with Gasteiger partial charge in [0.05, 0.1) is 25.2 Å². The summed E-state index contributed by atoms with van der Waals surface area (Å²) in [6.45, 7) is -1.95. The monoisotopic (exact) mass is 563 g/mol. The molecule has 3 rings (SSSR count). The van der Waals surface area contributed by atoms with E-state index in [0.29, 0.717) is 37.1 Å². The number of halogens is 4. The maximum absolute atomic E-state index is 13.3. The van der Waals surface area contributed by atoms with Gasteiger partial charge in [0.25, 0.3) is 11.8 Å². The van der Waals surface area contributed by atoms with Crippen LogP contribution in [0.2, 0.25) is 0 Å². The summed E-state index contributed by atoms with van der Waals surface area (Å²) in [6, 6.07) is 13.6. The zero-order valence-electron chi connectivity index (χ0n) is 21.7. The molecule has 0 aliphatic carbocycles. The smallest absolute Gasteiger partial charge is 0.405 e. The van der Waals surface area contributed by atoms with Crippen molar-refractivity contribution in [3.8, 4) is 5.69 Å². The topological polar surface area (TPSA) is 115 Å². The summed E-state index contributed by atoms with van der Waals surface area (Å²) in [5, 5.41) is 12.5. The Morgan fingerprint density at radius 3 is 2.30 bits per heavy atom. The molecule has 2 aromatic carbocycles. The number of methoxy groups -OCH3 is 1. The molecule has 0 bridgehead atoms. The number of carbonyl (C=O) groups excluding carboxylic acids is 3. The highest BCUT2D eigenvalue weighted by molar-refractivity contribution is 5.96. The number of hydrogen-bond acceptors (Lipinski definition) is 6. The Morgan fingerprint density at radius 2 is 1.68 bits per heavy atom. The molecule has 0 saturated heterocycles. The number of alkyl halides is 4. The Bertz CT molecular complexity index is 1280. The lowest BCUT2D eigenvalue weighted by atomic mass is 10.1. The summed E-state index contributed by atoms with van der Waals surface area (Å²) < 4.78 is 56.1. The molecule has 0 saturated carbocycles. The maximum Gasteiger partial charge on any atom is 0.405 e. The van der Waals surface area contributed by atoms with Crippen molar-refractivity contribution in [2.24, 2.45) is 0 Å². The van der Waals surface area contributed by atoms with Crippen LogP contribution in [0.15, 0.2) is 54.6 Å². The molecular weight excluding hydrogens is 534 g/mol. The molecule has 40 heavy (non-hydrogen) atoms. The Hall–Kier alpha value is -4.29. The van der Waals surface area contributed by atoms with Crippen LogP contribution in [0.5, 0.6) is 0 Å². The van der Waals surface area contributed by atoms with Gasteiger partial charge in [0.2, 0.25) is 0 Å². The predicted molar refractivity (Wildman–Crippen MR) is 137 cm³/mol. The maximum atomic E-state index is 13.3. The van der Waals surface area contributed by atoms with E-state index in [1.807, 2.05) is 18.2 Å². The lowest BCUT2D eigenvalue weighted by molar-refractivity contribution is -0.142. The van der Waals surface area contributed by atoms with Gasteiger partial charge in [-0.25, -0.2) is 9.48 Å². The lowest BCUT2D eigenvalue weighted by Gasteiger charge is -2.16. The lowest BCUT2D eigenvalue weighted by Crippen LogP contribution is -2.43. The predicted octanol–water partition coefficient (Wildman–Crippen LogP) is 3.76. The zero-order valence-corrected chi connectivity index (χ0v) is 21.7. The van der Waals surface area contributed by atoms with Crippen molar-refractivity contribution in [2.75, 3.05) is 20.3 Å². The Kier molecular flexibility index (Phi) is 10.7. The van der Waals surface area contributed by atoms with E-state index < -0.39 is 43.2 Å². The Balaban J connectivity index is 1.84. The molecule has 3 aromatic rings. The highest BCUT2D eigenvalue weighted by atomic mass is 19.4. The van der Waals surface area contributed by atoms with E-state index >= 15 is 0 Å². The minimum atomic E-state index is -4.54. The molecule has 0 radical (unpaired) electrons. The van der Waals surface area contributed by atoms with E-state index in [-0.39, 0.29) is 17.7 Å². The third-order valence-electron chi connectivity index (χ3n) is 5.92. The van der Waals surface area contributed by atoms with Gasteiger partial charge in [0.1, 0.15) is 12.6 Å². The summed E-state index contributed by atoms with van der Waals surface area (Å²) in [5.74, 6) is -2.21. The number of hydrogen-bond donors (Lipinski definition) is 2. The molecule has 1 aromatic heterocycles. The second kappa shape index (κ2) is 14.2. The third-order valence-corrected chi connectivity index (χ3v) is 5.92. The largest absolute Gasteiger partial charge is 0.467 e. The summed E-state index contributed by atoms with van der Waals surface area (Å²) in [7, 11) is 1.21. The minimum Gasteiger partial charge on any atom is -0.467 e. The van der Waals surface area contributed by atoms with Crippen molar-refractivity contribution in [3.05, 3.63) is 77.1 Å². The fourth-order valence-corrected chi connectivity index (χ4v) is 3.92. The fourth-order valence-electron chi connectivity index (χ4n) is 3.92. The van der Waals surface area contributed by atoms with Crippen LogP contribution < -0.4 is 10.6 Å². The van der Waals surface area contributed by atoms with E-state index in [4.69, 9.17) is 4.74 Å². The molecule has 1 atom stereocenters. The summed E-state index contributed by atoms with van der Waals surface area (Å²) in [5.41, 5.74) is 1.53. The Morgan fingerprint density at radius 1 is 0.975 bits per heavy atom. The molecule has 0 aliphatic rings. The molecule has 0 spiro atoms. The quantitative estimate of drug-likeness (QED) is 0.186. The number of aromatic nitrogens is 3. The number of nitrogens with zero attached hydrogens (tertiary/aromatic N) is 3. The molecule has 0 fully saturated rings. The first-order chi connectivity index (χ1) is 19.1. The number of unbranched alkanes of at least 4 members (excludes halogenated alkanes) is 2. The second-order valence-corrected chi connectivity index (χ2v) is 8.88. The molecule has 1 heterocycles. The van der Waals surface area contributed by atoms with Crippen LogP contribution in [-0.4, -0.2) is 65.3 Å². The zero-order chi connectivity index (χ0) is 29.1. The second-order valence-electron chi connectivity index (χ2n) is 8.88. The number of ether oxygens (including phenoxy) is 1. The van der Waals surface area contributed by atoms with Gasteiger partial charge in [0.15, 0.2) is 5.69 Å². The SMILES string of the molecule is COC(=O)[C@@H](Cc1ccccc1)NC(=O)c1nnn(-c2ccc(C(=O)NCC(F)(F)F)cc2)c1CCCCCF. The van der Waals surface area contributed by atoms with Gasteiger partial charge in [-0.1, -0.05) is 42.0 Å². The average Bonchev–Trinajstić information content (AvgIpc) is 3.37. The van der Waals surface area contributed by atoms with Crippen LogP contribution in [0.25, 0.3) is 5.69 Å². The first kappa shape index (κ1) is 30.3. The van der Waals surface area contributed by atoms with Gasteiger partial charge in [-0.2, -0.15) is 13.2 Å². The van der Waals surface area contributed by atoms with Crippen LogP contribution >= 0.6 is 0 Å². The molecular formula is C27H29F4N5O4. The number of carbonyl (C=O) groups is 3. The van der Waals surface area contributed by atoms with E-state index in [2.05, 4.69) is 15.6 Å². The van der Waals surface area contributed by atoms with E-state index in [1.54, 1.807) is 17.4 Å². The molecule has 9 nitrogen and oxygen atoms in total. The van der Waals surface area contributed by atoms with Crippen LogP contribution in [0.4, 0.5) is 17.6 Å². The van der Waals surface area contributed by atoms with Gasteiger partial charge < -0.3 is 15.4 Å². The summed E-state index contributed by atoms with van der Waals surface area (Å²) in [6.07, 6.45) is -2.67. The Labute approximate surface area is 227 Å².